The molecule has 2 aromatic rings. The second kappa shape index (κ2) is 4.77. The highest BCUT2D eigenvalue weighted by atomic mass is 35.5. The van der Waals surface area contributed by atoms with Crippen molar-refractivity contribution < 1.29 is 0 Å². The molecule has 0 amide bonds. The summed E-state index contributed by atoms with van der Waals surface area (Å²) in [4.78, 5) is 12.4. The van der Waals surface area contributed by atoms with Crippen LogP contribution in [0, 0.1) is 6.92 Å². The summed E-state index contributed by atoms with van der Waals surface area (Å²) < 4.78 is 0. The van der Waals surface area contributed by atoms with Crippen LogP contribution in [0.1, 0.15) is 5.56 Å². The van der Waals surface area contributed by atoms with Crippen molar-refractivity contribution in [2.75, 3.05) is 11.1 Å². The third-order valence-electron chi connectivity index (χ3n) is 2.08. The maximum Gasteiger partial charge on any atom is 0.233 e. The first-order valence-electron chi connectivity index (χ1n) is 4.78. The summed E-state index contributed by atoms with van der Waals surface area (Å²) in [5.41, 5.74) is 7.35. The van der Waals surface area contributed by atoms with Crippen LogP contribution in [0.4, 0.5) is 17.6 Å². The Morgan fingerprint density at radius 1 is 1.29 bits per heavy atom. The van der Waals surface area contributed by atoms with Gasteiger partial charge < -0.3 is 11.1 Å². The maximum atomic E-state index is 5.68. The van der Waals surface area contributed by atoms with E-state index < -0.39 is 0 Å². The zero-order chi connectivity index (χ0) is 12.4. The van der Waals surface area contributed by atoms with Crippen LogP contribution >= 0.6 is 24.2 Å². The Kier molecular flexibility index (Phi) is 3.35. The van der Waals surface area contributed by atoms with Crippen molar-refractivity contribution in [3.63, 3.8) is 0 Å². The van der Waals surface area contributed by atoms with Crippen molar-refractivity contribution in [2.24, 2.45) is 0 Å². The molecule has 3 N–H and O–H groups in total. The van der Waals surface area contributed by atoms with Gasteiger partial charge in [-0.1, -0.05) is 0 Å². The molecule has 0 radical (unpaired) electrons. The molecule has 88 valence electrons. The van der Waals surface area contributed by atoms with E-state index in [1.54, 1.807) is 0 Å². The second-order valence-electron chi connectivity index (χ2n) is 3.41. The quantitative estimate of drug-likeness (QED) is 0.729. The molecule has 2 rings (SSSR count). The van der Waals surface area contributed by atoms with Crippen LogP contribution in [0.3, 0.4) is 0 Å². The third-order valence-corrected chi connectivity index (χ3v) is 2.75. The number of aromatic nitrogens is 3. The highest BCUT2D eigenvalue weighted by Gasteiger charge is 2.03. The summed E-state index contributed by atoms with van der Waals surface area (Å²) >= 11 is 9.97. The van der Waals surface area contributed by atoms with E-state index in [0.29, 0.717) is 5.95 Å². The zero-order valence-corrected chi connectivity index (χ0v) is 10.6. The zero-order valence-electron chi connectivity index (χ0n) is 8.98. The van der Waals surface area contributed by atoms with Gasteiger partial charge in [0.25, 0.3) is 0 Å². The number of nitrogens with zero attached hydrogens (tertiary/aromatic N) is 3. The fraction of sp³-hybridized carbons (Fsp3) is 0.100. The van der Waals surface area contributed by atoms with Gasteiger partial charge in [-0.2, -0.15) is 15.0 Å². The second-order valence-corrected chi connectivity index (χ2v) is 4.23. The van der Waals surface area contributed by atoms with E-state index >= 15 is 0 Å². The molecule has 0 aliphatic rings. The van der Waals surface area contributed by atoms with Gasteiger partial charge in [0.15, 0.2) is 0 Å². The number of rotatable bonds is 2. The summed E-state index contributed by atoms with van der Waals surface area (Å²) in [6, 6.07) is 5.67. The number of benzene rings is 1. The minimum absolute atomic E-state index is 0.0579. The fourth-order valence-electron chi connectivity index (χ4n) is 1.28. The minimum Gasteiger partial charge on any atom is -0.368 e. The Hall–Kier alpha value is -1.53. The molecule has 1 aromatic carbocycles. The average molecular weight is 268 g/mol. The lowest BCUT2D eigenvalue weighted by atomic mass is 10.2. The molecular formula is C10H10ClN5S. The van der Waals surface area contributed by atoms with E-state index in [-0.39, 0.29) is 11.2 Å². The molecule has 0 saturated heterocycles. The minimum atomic E-state index is 0.0579. The molecule has 5 nitrogen and oxygen atoms in total. The topological polar surface area (TPSA) is 76.7 Å². The van der Waals surface area contributed by atoms with Gasteiger partial charge in [-0.05, 0) is 42.3 Å². The molecule has 1 heterocycles. The Balaban J connectivity index is 2.28. The summed E-state index contributed by atoms with van der Waals surface area (Å²) in [6.07, 6.45) is 0. The molecular weight excluding hydrogens is 258 g/mol. The lowest BCUT2D eigenvalue weighted by Crippen LogP contribution is -2.03. The molecule has 0 spiro atoms. The van der Waals surface area contributed by atoms with Crippen LogP contribution in [0.15, 0.2) is 23.1 Å². The number of hydrogen-bond acceptors (Lipinski definition) is 6. The Labute approximate surface area is 109 Å². The van der Waals surface area contributed by atoms with Gasteiger partial charge in [-0.15, -0.1) is 12.6 Å². The van der Waals surface area contributed by atoms with Crippen LogP contribution in [0.2, 0.25) is 5.28 Å². The summed E-state index contributed by atoms with van der Waals surface area (Å²) in [7, 11) is 0. The van der Waals surface area contributed by atoms with Crippen molar-refractivity contribution in [1.29, 1.82) is 0 Å². The van der Waals surface area contributed by atoms with Crippen molar-refractivity contribution in [2.45, 2.75) is 11.8 Å². The van der Waals surface area contributed by atoms with Gasteiger partial charge in [0.1, 0.15) is 0 Å². The maximum absolute atomic E-state index is 5.68. The molecule has 0 aliphatic heterocycles. The van der Waals surface area contributed by atoms with Gasteiger partial charge in [-0.3, -0.25) is 0 Å². The highest BCUT2D eigenvalue weighted by molar-refractivity contribution is 7.80. The Morgan fingerprint density at radius 2 is 2.06 bits per heavy atom. The number of anilines is 3. The molecule has 0 bridgehead atoms. The van der Waals surface area contributed by atoms with E-state index in [9.17, 15) is 0 Å². The van der Waals surface area contributed by atoms with Crippen LogP contribution in [0.25, 0.3) is 0 Å². The van der Waals surface area contributed by atoms with Crippen molar-refractivity contribution >= 4 is 41.8 Å². The van der Waals surface area contributed by atoms with Gasteiger partial charge >= 0.3 is 0 Å². The molecule has 0 fully saturated rings. The van der Waals surface area contributed by atoms with Gasteiger partial charge in [0.05, 0.1) is 0 Å². The Bertz CT molecular complexity index is 540. The molecule has 17 heavy (non-hydrogen) atoms. The van der Waals surface area contributed by atoms with E-state index in [1.165, 1.54) is 0 Å². The number of nitrogens with one attached hydrogen (secondary N) is 1. The van der Waals surface area contributed by atoms with Crippen LogP contribution in [0.5, 0.6) is 0 Å². The smallest absolute Gasteiger partial charge is 0.233 e. The molecule has 0 aliphatic carbocycles. The number of nitrogen functional groups attached to an aromatic ring is 1. The van der Waals surface area contributed by atoms with E-state index in [1.807, 2.05) is 25.1 Å². The molecule has 7 heteroatoms. The average Bonchev–Trinajstić information content (AvgIpc) is 2.22. The normalized spacial score (nSPS) is 10.3. The van der Waals surface area contributed by atoms with Crippen molar-refractivity contribution in [1.82, 2.24) is 15.0 Å². The molecule has 0 saturated carbocycles. The van der Waals surface area contributed by atoms with Crippen LogP contribution < -0.4 is 11.1 Å². The van der Waals surface area contributed by atoms with E-state index in [4.69, 9.17) is 17.3 Å². The van der Waals surface area contributed by atoms with E-state index in [0.717, 1.165) is 16.1 Å². The first-order chi connectivity index (χ1) is 8.04. The number of halogens is 1. The van der Waals surface area contributed by atoms with Gasteiger partial charge in [0.2, 0.25) is 17.2 Å². The molecule has 0 atom stereocenters. The molecule has 1 aromatic heterocycles. The third kappa shape index (κ3) is 2.98. The highest BCUT2D eigenvalue weighted by Crippen LogP contribution is 2.20. The van der Waals surface area contributed by atoms with Crippen molar-refractivity contribution in [3.8, 4) is 0 Å². The Morgan fingerprint density at radius 3 is 2.71 bits per heavy atom. The summed E-state index contributed by atoms with van der Waals surface area (Å²) in [5, 5.41) is 3.05. The van der Waals surface area contributed by atoms with Crippen LogP contribution in [-0.2, 0) is 0 Å². The lowest BCUT2D eigenvalue weighted by Gasteiger charge is -2.07. The standard InChI is InChI=1S/C10H10ClN5S/c1-5-4-6(2-3-7(5)17)13-10-15-8(11)14-9(12)16-10/h2-4,17H,1H3,(H3,12,13,14,15,16). The lowest BCUT2D eigenvalue weighted by molar-refractivity contribution is 1.07. The SMILES string of the molecule is Cc1cc(Nc2nc(N)nc(Cl)n2)ccc1S. The largest absolute Gasteiger partial charge is 0.368 e. The monoisotopic (exact) mass is 267 g/mol. The van der Waals surface area contributed by atoms with Gasteiger partial charge in [0, 0.05) is 10.6 Å². The predicted molar refractivity (Wildman–Crippen MR) is 71.0 cm³/mol. The first-order valence-corrected chi connectivity index (χ1v) is 5.61. The number of hydrogen-bond donors (Lipinski definition) is 3. The van der Waals surface area contributed by atoms with E-state index in [2.05, 4.69) is 32.9 Å². The number of nitrogens with two attached hydrogens (primary N) is 1. The summed E-state index contributed by atoms with van der Waals surface area (Å²) in [6.45, 7) is 1.96. The van der Waals surface area contributed by atoms with Crippen molar-refractivity contribution in [3.05, 3.63) is 29.0 Å². The summed E-state index contributed by atoms with van der Waals surface area (Å²) in [5.74, 6) is 0.392. The number of aryl methyl sites for hydroxylation is 1. The van der Waals surface area contributed by atoms with Crippen LogP contribution in [-0.4, -0.2) is 15.0 Å². The fourth-order valence-corrected chi connectivity index (χ4v) is 1.59. The van der Waals surface area contributed by atoms with Gasteiger partial charge in [-0.25, -0.2) is 0 Å². The first kappa shape index (κ1) is 11.9. The predicted octanol–water partition coefficient (Wildman–Crippen LogP) is 2.45. The number of thiol groups is 1. The molecule has 0 unspecified atom stereocenters.